The lowest BCUT2D eigenvalue weighted by Crippen LogP contribution is -2.43. The van der Waals surface area contributed by atoms with E-state index >= 15 is 0 Å². The second-order valence-corrected chi connectivity index (χ2v) is 8.88. The Bertz CT molecular complexity index is 1460. The Morgan fingerprint density at radius 2 is 1.86 bits per heavy atom. The van der Waals surface area contributed by atoms with Gasteiger partial charge in [-0.25, -0.2) is 18.4 Å². The molecular formula is C25H22F5N5O2. The number of likely N-dealkylation sites (N-methyl/N-ethyl adjacent to an activating group) is 1. The minimum atomic E-state index is -5.15. The molecule has 0 unspecified atom stereocenters. The fourth-order valence-electron chi connectivity index (χ4n) is 4.76. The zero-order valence-corrected chi connectivity index (χ0v) is 19.8. The van der Waals surface area contributed by atoms with Crippen LogP contribution in [-0.2, 0) is 18.0 Å². The van der Waals surface area contributed by atoms with E-state index in [9.17, 15) is 27.1 Å². The van der Waals surface area contributed by atoms with Crippen LogP contribution in [0.1, 0.15) is 23.5 Å². The highest BCUT2D eigenvalue weighted by Crippen LogP contribution is 2.41. The van der Waals surface area contributed by atoms with Crippen LogP contribution >= 0.6 is 0 Å². The summed E-state index contributed by atoms with van der Waals surface area (Å²) in [6, 6.07) is 10.2. The molecule has 12 heteroatoms. The van der Waals surface area contributed by atoms with E-state index < -0.39 is 34.7 Å². The maximum absolute atomic E-state index is 14.7. The van der Waals surface area contributed by atoms with Crippen molar-refractivity contribution in [3.05, 3.63) is 65.4 Å². The summed E-state index contributed by atoms with van der Waals surface area (Å²) in [6.45, 7) is 1.08. The number of phenolic OH excluding ortho intramolecular Hbond substituents is 1. The average Bonchev–Trinajstić information content (AvgIpc) is 3.22. The van der Waals surface area contributed by atoms with Crippen molar-refractivity contribution >= 4 is 17.0 Å². The van der Waals surface area contributed by atoms with Gasteiger partial charge in [0.25, 0.3) is 0 Å². The van der Waals surface area contributed by atoms with Gasteiger partial charge in [0.1, 0.15) is 5.69 Å². The first-order valence-corrected chi connectivity index (χ1v) is 11.4. The quantitative estimate of drug-likeness (QED) is 0.381. The SMILES string of the molecule is CN(c1ncc2c(-c3cc(C(F)(F)F)c(F)c(O)c3F)nn(C)c2n1)[C@@H]1CCOC[C@@H]1c1ccccc1. The second kappa shape index (κ2) is 9.25. The summed E-state index contributed by atoms with van der Waals surface area (Å²) in [5, 5.41) is 14.0. The van der Waals surface area contributed by atoms with Gasteiger partial charge >= 0.3 is 6.18 Å². The van der Waals surface area contributed by atoms with Gasteiger partial charge < -0.3 is 14.7 Å². The number of hydrogen-bond acceptors (Lipinski definition) is 6. The predicted molar refractivity (Wildman–Crippen MR) is 125 cm³/mol. The van der Waals surface area contributed by atoms with Crippen LogP contribution in [0.4, 0.5) is 27.9 Å². The largest absolute Gasteiger partial charge is 0.503 e. The van der Waals surface area contributed by atoms with Crippen LogP contribution in [0, 0.1) is 11.6 Å². The first kappa shape index (κ1) is 24.9. The third-order valence-corrected chi connectivity index (χ3v) is 6.67. The number of aryl methyl sites for hydroxylation is 1. The normalized spacial score (nSPS) is 18.4. The number of alkyl halides is 3. The molecule has 2 aromatic carbocycles. The molecule has 0 bridgehead atoms. The highest BCUT2D eigenvalue weighted by atomic mass is 19.4. The number of ether oxygens (including phenoxy) is 1. The zero-order chi connectivity index (χ0) is 26.5. The average molecular weight is 519 g/mol. The Morgan fingerprint density at radius 3 is 2.57 bits per heavy atom. The summed E-state index contributed by atoms with van der Waals surface area (Å²) >= 11 is 0. The highest BCUT2D eigenvalue weighted by molar-refractivity contribution is 5.91. The van der Waals surface area contributed by atoms with E-state index in [1.165, 1.54) is 17.9 Å². The number of hydrogen-bond donors (Lipinski definition) is 1. The summed E-state index contributed by atoms with van der Waals surface area (Å²) in [4.78, 5) is 10.9. The Balaban J connectivity index is 1.56. The van der Waals surface area contributed by atoms with E-state index in [1.807, 2.05) is 42.3 Å². The summed E-state index contributed by atoms with van der Waals surface area (Å²) in [5.41, 5.74) is -1.43. The molecule has 5 rings (SSSR count). The molecule has 37 heavy (non-hydrogen) atoms. The lowest BCUT2D eigenvalue weighted by Gasteiger charge is -2.38. The summed E-state index contributed by atoms with van der Waals surface area (Å²) in [5.74, 6) is -4.97. The van der Waals surface area contributed by atoms with Crippen molar-refractivity contribution in [3.63, 3.8) is 0 Å². The molecule has 1 N–H and O–H groups in total. The molecule has 0 radical (unpaired) electrons. The molecular weight excluding hydrogens is 497 g/mol. The van der Waals surface area contributed by atoms with Crippen LogP contribution in [-0.4, -0.2) is 51.2 Å². The third kappa shape index (κ3) is 4.35. The van der Waals surface area contributed by atoms with Crippen molar-refractivity contribution in [2.75, 3.05) is 25.2 Å². The molecule has 0 spiro atoms. The highest BCUT2D eigenvalue weighted by Gasteiger charge is 2.38. The maximum atomic E-state index is 14.7. The maximum Gasteiger partial charge on any atom is 0.419 e. The molecule has 194 valence electrons. The lowest BCUT2D eigenvalue weighted by molar-refractivity contribution is -0.140. The Hall–Kier alpha value is -3.80. The van der Waals surface area contributed by atoms with Gasteiger partial charge in [-0.05, 0) is 18.1 Å². The van der Waals surface area contributed by atoms with E-state index in [1.54, 1.807) is 0 Å². The summed E-state index contributed by atoms with van der Waals surface area (Å²) < 4.78 is 75.6. The molecule has 1 aliphatic heterocycles. The first-order chi connectivity index (χ1) is 17.6. The van der Waals surface area contributed by atoms with Gasteiger partial charge in [0, 0.05) is 44.4 Å². The fraction of sp³-hybridized carbons (Fsp3) is 0.320. The predicted octanol–water partition coefficient (Wildman–Crippen LogP) is 5.04. The van der Waals surface area contributed by atoms with Gasteiger partial charge in [0.15, 0.2) is 23.0 Å². The van der Waals surface area contributed by atoms with Gasteiger partial charge in [0.05, 0.1) is 17.6 Å². The minimum absolute atomic E-state index is 0.00197. The number of rotatable bonds is 4. The van der Waals surface area contributed by atoms with Crippen LogP contribution in [0.15, 0.2) is 42.6 Å². The molecule has 1 fully saturated rings. The molecule has 0 amide bonds. The number of aromatic hydroxyl groups is 1. The monoisotopic (exact) mass is 519 g/mol. The van der Waals surface area contributed by atoms with E-state index in [4.69, 9.17) is 4.74 Å². The molecule has 2 atom stereocenters. The number of phenols is 1. The minimum Gasteiger partial charge on any atom is -0.503 e. The molecule has 1 aliphatic rings. The Kier molecular flexibility index (Phi) is 6.22. The Morgan fingerprint density at radius 1 is 1.14 bits per heavy atom. The molecule has 1 saturated heterocycles. The molecule has 4 aromatic rings. The third-order valence-electron chi connectivity index (χ3n) is 6.67. The molecule has 3 heterocycles. The van der Waals surface area contributed by atoms with Gasteiger partial charge in [-0.2, -0.15) is 23.3 Å². The molecule has 7 nitrogen and oxygen atoms in total. The smallest absolute Gasteiger partial charge is 0.419 e. The van der Waals surface area contributed by atoms with Crippen molar-refractivity contribution in [2.24, 2.45) is 7.05 Å². The van der Waals surface area contributed by atoms with Crippen LogP contribution in [0.2, 0.25) is 0 Å². The van der Waals surface area contributed by atoms with Crippen molar-refractivity contribution in [2.45, 2.75) is 24.6 Å². The van der Waals surface area contributed by atoms with E-state index in [0.717, 1.165) is 5.56 Å². The van der Waals surface area contributed by atoms with Gasteiger partial charge in [-0.15, -0.1) is 0 Å². The van der Waals surface area contributed by atoms with Gasteiger partial charge in [-0.1, -0.05) is 30.3 Å². The van der Waals surface area contributed by atoms with E-state index in [2.05, 4.69) is 15.1 Å². The van der Waals surface area contributed by atoms with Crippen molar-refractivity contribution in [1.29, 1.82) is 0 Å². The van der Waals surface area contributed by atoms with Crippen LogP contribution in [0.5, 0.6) is 5.75 Å². The standard InChI is InChI=1S/C25H22F5N5O2/c1-34(18-8-9-37-12-16(18)13-6-4-3-5-7-13)24-31-11-15-21(33-35(2)23(15)32-24)14-10-17(25(28,29)30)20(27)22(36)19(14)26/h3-7,10-11,16,18,36H,8-9,12H2,1-2H3/t16-,18-/m1/s1. The molecule has 2 aromatic heterocycles. The number of fused-ring (bicyclic) bond motifs is 1. The summed E-state index contributed by atoms with van der Waals surface area (Å²) in [6.07, 6.45) is -3.10. The van der Waals surface area contributed by atoms with Crippen molar-refractivity contribution in [3.8, 4) is 17.0 Å². The zero-order valence-electron chi connectivity index (χ0n) is 19.8. The molecule has 0 saturated carbocycles. The van der Waals surface area contributed by atoms with Crippen LogP contribution < -0.4 is 4.90 Å². The van der Waals surface area contributed by atoms with Gasteiger partial charge in [-0.3, -0.25) is 0 Å². The number of halogens is 5. The molecule has 0 aliphatic carbocycles. The number of anilines is 1. The van der Waals surface area contributed by atoms with Crippen molar-refractivity contribution < 1.29 is 31.8 Å². The number of aromatic nitrogens is 4. The van der Waals surface area contributed by atoms with Crippen molar-refractivity contribution in [1.82, 2.24) is 19.7 Å². The lowest BCUT2D eigenvalue weighted by atomic mass is 9.88. The first-order valence-electron chi connectivity index (χ1n) is 11.4. The summed E-state index contributed by atoms with van der Waals surface area (Å²) in [7, 11) is 3.34. The Labute approximate surface area is 208 Å². The number of benzene rings is 2. The van der Waals surface area contributed by atoms with Crippen LogP contribution in [0.3, 0.4) is 0 Å². The van der Waals surface area contributed by atoms with E-state index in [-0.39, 0.29) is 28.7 Å². The number of nitrogens with zero attached hydrogens (tertiary/aromatic N) is 5. The van der Waals surface area contributed by atoms with Gasteiger partial charge in [0.2, 0.25) is 5.95 Å². The van der Waals surface area contributed by atoms with Crippen LogP contribution in [0.25, 0.3) is 22.3 Å². The second-order valence-electron chi connectivity index (χ2n) is 8.88. The fourth-order valence-corrected chi connectivity index (χ4v) is 4.76. The van der Waals surface area contributed by atoms with E-state index in [0.29, 0.717) is 31.6 Å². The topological polar surface area (TPSA) is 76.3 Å².